The molecule has 20 heavy (non-hydrogen) atoms. The summed E-state index contributed by atoms with van der Waals surface area (Å²) in [5, 5.41) is 5.03. The first-order valence-electron chi connectivity index (χ1n) is 5.85. The molecule has 0 atom stereocenters. The topological polar surface area (TPSA) is 78.6 Å². The highest BCUT2D eigenvalue weighted by atomic mass is 32.2. The summed E-state index contributed by atoms with van der Waals surface area (Å²) < 4.78 is 33.2. The fourth-order valence-electron chi connectivity index (χ4n) is 1.68. The molecule has 0 bridgehead atoms. The highest BCUT2D eigenvalue weighted by Crippen LogP contribution is 2.32. The van der Waals surface area contributed by atoms with E-state index >= 15 is 0 Å². The number of hydrogen-bond acceptors (Lipinski definition) is 4. The van der Waals surface area contributed by atoms with Gasteiger partial charge < -0.3 is 9.47 Å². The van der Waals surface area contributed by atoms with Crippen LogP contribution in [0.4, 0.5) is 0 Å². The molecule has 0 aliphatic rings. The van der Waals surface area contributed by atoms with Crippen LogP contribution in [-0.2, 0) is 10.0 Å². The third kappa shape index (κ3) is 3.28. The fraction of sp³-hybridized carbons (Fsp3) is 0.143. The average Bonchev–Trinajstić information content (AvgIpc) is 2.40. The Kier molecular flexibility index (Phi) is 3.96. The first kappa shape index (κ1) is 14.4. The molecule has 0 unspecified atom stereocenters. The summed E-state index contributed by atoms with van der Waals surface area (Å²) in [5.74, 6) is 1.67. The molecule has 0 aromatic heterocycles. The van der Waals surface area contributed by atoms with Gasteiger partial charge >= 0.3 is 0 Å². The van der Waals surface area contributed by atoms with Gasteiger partial charge in [-0.3, -0.25) is 0 Å². The van der Waals surface area contributed by atoms with Crippen molar-refractivity contribution in [2.45, 2.75) is 11.8 Å². The minimum absolute atomic E-state index is 0.0423. The SMILES string of the molecule is COc1cc(C)ccc1Oc1ccc(S(N)(=O)=O)cc1. The Labute approximate surface area is 118 Å². The lowest BCUT2D eigenvalue weighted by Crippen LogP contribution is -2.11. The normalized spacial score (nSPS) is 11.2. The van der Waals surface area contributed by atoms with Crippen LogP contribution in [0.1, 0.15) is 5.56 Å². The van der Waals surface area contributed by atoms with Gasteiger partial charge in [-0.05, 0) is 48.9 Å². The molecule has 5 nitrogen and oxygen atoms in total. The molecule has 0 radical (unpaired) electrons. The summed E-state index contributed by atoms with van der Waals surface area (Å²) in [6.45, 7) is 1.95. The van der Waals surface area contributed by atoms with Gasteiger partial charge in [0.05, 0.1) is 12.0 Å². The van der Waals surface area contributed by atoms with E-state index in [0.29, 0.717) is 17.2 Å². The lowest BCUT2D eigenvalue weighted by Gasteiger charge is -2.11. The summed E-state index contributed by atoms with van der Waals surface area (Å²) in [4.78, 5) is 0.0423. The molecule has 0 spiro atoms. The molecule has 0 aliphatic carbocycles. The largest absolute Gasteiger partial charge is 0.493 e. The second-order valence-corrected chi connectivity index (χ2v) is 5.83. The van der Waals surface area contributed by atoms with E-state index in [1.54, 1.807) is 25.3 Å². The average molecular weight is 293 g/mol. The number of ether oxygens (including phenoxy) is 2. The predicted octanol–water partition coefficient (Wildman–Crippen LogP) is 2.44. The lowest BCUT2D eigenvalue weighted by atomic mass is 10.2. The van der Waals surface area contributed by atoms with Crippen molar-refractivity contribution >= 4 is 10.0 Å². The first-order chi connectivity index (χ1) is 9.40. The summed E-state index contributed by atoms with van der Waals surface area (Å²) in [6.07, 6.45) is 0. The third-order valence-corrected chi connectivity index (χ3v) is 3.63. The van der Waals surface area contributed by atoms with Gasteiger partial charge in [0.1, 0.15) is 5.75 Å². The van der Waals surface area contributed by atoms with Crippen molar-refractivity contribution in [1.29, 1.82) is 0 Å². The van der Waals surface area contributed by atoms with Crippen molar-refractivity contribution in [3.8, 4) is 17.2 Å². The molecule has 2 rings (SSSR count). The van der Waals surface area contributed by atoms with Gasteiger partial charge in [-0.15, -0.1) is 0 Å². The Balaban J connectivity index is 2.27. The molecule has 0 aliphatic heterocycles. The van der Waals surface area contributed by atoms with Gasteiger partial charge in [0.25, 0.3) is 0 Å². The van der Waals surface area contributed by atoms with Gasteiger partial charge in [-0.2, -0.15) is 0 Å². The van der Waals surface area contributed by atoms with Crippen molar-refractivity contribution < 1.29 is 17.9 Å². The molecule has 2 aromatic carbocycles. The number of benzene rings is 2. The summed E-state index contributed by atoms with van der Waals surface area (Å²) in [5.41, 5.74) is 1.05. The molecule has 2 N–H and O–H groups in total. The maximum absolute atomic E-state index is 11.2. The van der Waals surface area contributed by atoms with Crippen LogP contribution in [0, 0.1) is 6.92 Å². The lowest BCUT2D eigenvalue weighted by molar-refractivity contribution is 0.378. The van der Waals surface area contributed by atoms with E-state index in [1.807, 2.05) is 19.1 Å². The van der Waals surface area contributed by atoms with Gasteiger partial charge in [0.15, 0.2) is 11.5 Å². The van der Waals surface area contributed by atoms with E-state index in [0.717, 1.165) is 5.56 Å². The molecule has 6 heteroatoms. The summed E-state index contributed by atoms with van der Waals surface area (Å²) in [7, 11) is -2.13. The minimum atomic E-state index is -3.69. The number of rotatable bonds is 4. The van der Waals surface area contributed by atoms with Crippen molar-refractivity contribution in [1.82, 2.24) is 0 Å². The molecule has 106 valence electrons. The molecule has 0 amide bonds. The number of methoxy groups -OCH3 is 1. The highest BCUT2D eigenvalue weighted by molar-refractivity contribution is 7.89. The van der Waals surface area contributed by atoms with Crippen molar-refractivity contribution in [2.24, 2.45) is 5.14 Å². The van der Waals surface area contributed by atoms with E-state index < -0.39 is 10.0 Å². The van der Waals surface area contributed by atoms with Gasteiger partial charge in [-0.25, -0.2) is 13.6 Å². The first-order valence-corrected chi connectivity index (χ1v) is 7.40. The zero-order chi connectivity index (χ0) is 14.8. The quantitative estimate of drug-likeness (QED) is 0.939. The summed E-state index contributed by atoms with van der Waals surface area (Å²) in [6, 6.07) is 11.4. The van der Waals surface area contributed by atoms with E-state index in [-0.39, 0.29) is 4.90 Å². The Morgan fingerprint density at radius 2 is 1.65 bits per heavy atom. The molecular formula is C14H15NO4S. The monoisotopic (exact) mass is 293 g/mol. The molecule has 2 aromatic rings. The second kappa shape index (κ2) is 5.52. The number of sulfonamides is 1. The number of primary sulfonamides is 1. The van der Waals surface area contributed by atoms with Crippen molar-refractivity contribution in [3.63, 3.8) is 0 Å². The second-order valence-electron chi connectivity index (χ2n) is 4.27. The van der Waals surface area contributed by atoms with E-state index in [2.05, 4.69) is 0 Å². The van der Waals surface area contributed by atoms with Gasteiger partial charge in [-0.1, -0.05) is 6.07 Å². The minimum Gasteiger partial charge on any atom is -0.493 e. The maximum atomic E-state index is 11.2. The van der Waals surface area contributed by atoms with Crippen LogP contribution >= 0.6 is 0 Å². The molecule has 0 fully saturated rings. The molecular weight excluding hydrogens is 278 g/mol. The van der Waals surface area contributed by atoms with Crippen LogP contribution in [0.3, 0.4) is 0 Å². The number of aryl methyl sites for hydroxylation is 1. The van der Waals surface area contributed by atoms with E-state index in [1.165, 1.54) is 12.1 Å². The van der Waals surface area contributed by atoms with Crippen molar-refractivity contribution in [3.05, 3.63) is 48.0 Å². The smallest absolute Gasteiger partial charge is 0.238 e. The predicted molar refractivity (Wildman–Crippen MR) is 75.6 cm³/mol. The Morgan fingerprint density at radius 3 is 2.20 bits per heavy atom. The standard InChI is InChI=1S/C14H15NO4S/c1-10-3-8-13(14(9-10)18-2)19-11-4-6-12(7-5-11)20(15,16)17/h3-9H,1-2H3,(H2,15,16,17). The Morgan fingerprint density at radius 1 is 1.00 bits per heavy atom. The van der Waals surface area contributed by atoms with Gasteiger partial charge in [0.2, 0.25) is 10.0 Å². The Hall–Kier alpha value is -2.05. The molecule has 0 saturated carbocycles. The van der Waals surface area contributed by atoms with E-state index in [4.69, 9.17) is 14.6 Å². The van der Waals surface area contributed by atoms with Crippen LogP contribution in [0.5, 0.6) is 17.2 Å². The number of nitrogens with two attached hydrogens (primary N) is 1. The third-order valence-electron chi connectivity index (χ3n) is 2.70. The highest BCUT2D eigenvalue weighted by Gasteiger charge is 2.09. The van der Waals surface area contributed by atoms with Crippen LogP contribution in [0.25, 0.3) is 0 Å². The number of hydrogen-bond donors (Lipinski definition) is 1. The summed E-state index contributed by atoms with van der Waals surface area (Å²) >= 11 is 0. The van der Waals surface area contributed by atoms with E-state index in [9.17, 15) is 8.42 Å². The van der Waals surface area contributed by atoms with Crippen LogP contribution < -0.4 is 14.6 Å². The fourth-order valence-corrected chi connectivity index (χ4v) is 2.20. The zero-order valence-electron chi connectivity index (χ0n) is 11.2. The van der Waals surface area contributed by atoms with Gasteiger partial charge in [0, 0.05) is 0 Å². The Bertz CT molecular complexity index is 708. The molecule has 0 saturated heterocycles. The maximum Gasteiger partial charge on any atom is 0.238 e. The molecule has 0 heterocycles. The van der Waals surface area contributed by atoms with Crippen LogP contribution in [0.15, 0.2) is 47.4 Å². The van der Waals surface area contributed by atoms with Crippen LogP contribution in [0.2, 0.25) is 0 Å². The van der Waals surface area contributed by atoms with Crippen molar-refractivity contribution in [2.75, 3.05) is 7.11 Å². The zero-order valence-corrected chi connectivity index (χ0v) is 12.0. The van der Waals surface area contributed by atoms with Crippen LogP contribution in [-0.4, -0.2) is 15.5 Å².